The summed E-state index contributed by atoms with van der Waals surface area (Å²) in [6.07, 6.45) is 0. The van der Waals surface area contributed by atoms with Crippen LogP contribution in [0.3, 0.4) is 0 Å². The molecule has 1 amide bonds. The number of piperazine rings is 1. The van der Waals surface area contributed by atoms with Gasteiger partial charge in [0.2, 0.25) is 5.91 Å². The second-order valence-electron chi connectivity index (χ2n) is 4.85. The Morgan fingerprint density at radius 3 is 2.84 bits per heavy atom. The van der Waals surface area contributed by atoms with E-state index < -0.39 is 0 Å². The summed E-state index contributed by atoms with van der Waals surface area (Å²) in [7, 11) is 0. The zero-order chi connectivity index (χ0) is 13.1. The zero-order valence-corrected chi connectivity index (χ0v) is 11.7. The van der Waals surface area contributed by atoms with Crippen LogP contribution in [0.25, 0.3) is 0 Å². The normalized spacial score (nSPS) is 24.5. The van der Waals surface area contributed by atoms with Gasteiger partial charge in [-0.1, -0.05) is 0 Å². The van der Waals surface area contributed by atoms with E-state index in [2.05, 4.69) is 27.7 Å². The first-order valence-corrected chi connectivity index (χ1v) is 7.61. The van der Waals surface area contributed by atoms with Gasteiger partial charge in [-0.25, -0.2) is 0 Å². The number of rotatable bonds is 2. The molecule has 1 aromatic heterocycles. The fourth-order valence-electron chi connectivity index (χ4n) is 2.54. The Morgan fingerprint density at radius 2 is 2.21 bits per heavy atom. The molecule has 1 aromatic rings. The number of anilines is 1. The van der Waals surface area contributed by atoms with Crippen LogP contribution in [0, 0.1) is 0 Å². The molecule has 3 rings (SSSR count). The summed E-state index contributed by atoms with van der Waals surface area (Å²) in [5.41, 5.74) is 0. The molecule has 1 atom stereocenters. The summed E-state index contributed by atoms with van der Waals surface area (Å²) >= 11 is 1.76. The van der Waals surface area contributed by atoms with Crippen LogP contribution in [0.15, 0.2) is 17.5 Å². The third kappa shape index (κ3) is 2.91. The van der Waals surface area contributed by atoms with Gasteiger partial charge in [-0.15, -0.1) is 11.3 Å². The molecule has 5 nitrogen and oxygen atoms in total. The zero-order valence-electron chi connectivity index (χ0n) is 10.9. The fourth-order valence-corrected chi connectivity index (χ4v) is 3.33. The standard InChI is InChI=1S/C13H19N3O2S/c17-13(11-10-18-8-3-14-11)16-6-4-15(5-7-16)12-2-1-9-19-12/h1-2,9,11,14H,3-8,10H2. The van der Waals surface area contributed by atoms with Crippen molar-refractivity contribution in [2.75, 3.05) is 50.8 Å². The quantitative estimate of drug-likeness (QED) is 0.851. The fraction of sp³-hybridized carbons (Fsp3) is 0.615. The van der Waals surface area contributed by atoms with Gasteiger partial charge < -0.3 is 19.9 Å². The molecule has 0 aliphatic carbocycles. The van der Waals surface area contributed by atoms with Crippen molar-refractivity contribution in [3.8, 4) is 0 Å². The van der Waals surface area contributed by atoms with Gasteiger partial charge in [0.25, 0.3) is 0 Å². The SMILES string of the molecule is O=C(C1COCCN1)N1CCN(c2cccs2)CC1. The Balaban J connectivity index is 1.53. The number of hydrogen-bond donors (Lipinski definition) is 1. The van der Waals surface area contributed by atoms with Crippen LogP contribution in [0.5, 0.6) is 0 Å². The third-order valence-electron chi connectivity index (χ3n) is 3.63. The molecule has 1 N–H and O–H groups in total. The monoisotopic (exact) mass is 281 g/mol. The lowest BCUT2D eigenvalue weighted by Crippen LogP contribution is -2.57. The summed E-state index contributed by atoms with van der Waals surface area (Å²) in [5, 5.41) is 6.62. The number of hydrogen-bond acceptors (Lipinski definition) is 5. The molecule has 1 unspecified atom stereocenters. The van der Waals surface area contributed by atoms with E-state index in [0.29, 0.717) is 13.2 Å². The number of nitrogens with zero attached hydrogens (tertiary/aromatic N) is 2. The van der Waals surface area contributed by atoms with Crippen molar-refractivity contribution >= 4 is 22.2 Å². The van der Waals surface area contributed by atoms with Crippen LogP contribution in [-0.4, -0.2) is 62.8 Å². The predicted molar refractivity (Wildman–Crippen MR) is 75.7 cm³/mol. The molecule has 6 heteroatoms. The molecule has 0 bridgehead atoms. The summed E-state index contributed by atoms with van der Waals surface area (Å²) < 4.78 is 5.36. The molecular formula is C13H19N3O2S. The molecule has 104 valence electrons. The van der Waals surface area contributed by atoms with Crippen molar-refractivity contribution in [1.82, 2.24) is 10.2 Å². The Kier molecular flexibility index (Phi) is 4.00. The van der Waals surface area contributed by atoms with E-state index >= 15 is 0 Å². The summed E-state index contributed by atoms with van der Waals surface area (Å²) in [4.78, 5) is 16.6. The highest BCUT2D eigenvalue weighted by Gasteiger charge is 2.28. The molecule has 0 radical (unpaired) electrons. The Morgan fingerprint density at radius 1 is 1.37 bits per heavy atom. The Bertz CT molecular complexity index is 410. The van der Waals surface area contributed by atoms with E-state index in [9.17, 15) is 4.79 Å². The van der Waals surface area contributed by atoms with Crippen molar-refractivity contribution in [3.05, 3.63) is 17.5 Å². The molecule has 2 aliphatic heterocycles. The number of carbonyl (C=O) groups is 1. The van der Waals surface area contributed by atoms with Crippen LogP contribution in [0.1, 0.15) is 0 Å². The van der Waals surface area contributed by atoms with Crippen LogP contribution in [0.4, 0.5) is 5.00 Å². The first-order valence-electron chi connectivity index (χ1n) is 6.73. The molecule has 0 saturated carbocycles. The van der Waals surface area contributed by atoms with Crippen LogP contribution >= 0.6 is 11.3 Å². The van der Waals surface area contributed by atoms with Gasteiger partial charge in [-0.3, -0.25) is 4.79 Å². The predicted octanol–water partition coefficient (Wildman–Crippen LogP) is 0.385. The minimum atomic E-state index is -0.151. The third-order valence-corrected chi connectivity index (χ3v) is 4.56. The molecule has 2 saturated heterocycles. The van der Waals surface area contributed by atoms with Gasteiger partial charge in [0, 0.05) is 32.7 Å². The van der Waals surface area contributed by atoms with Crippen molar-refractivity contribution in [2.45, 2.75) is 6.04 Å². The first-order chi connectivity index (χ1) is 9.34. The minimum Gasteiger partial charge on any atom is -0.378 e. The van der Waals surface area contributed by atoms with E-state index in [1.165, 1.54) is 5.00 Å². The van der Waals surface area contributed by atoms with Gasteiger partial charge in [0.15, 0.2) is 0 Å². The average molecular weight is 281 g/mol. The summed E-state index contributed by atoms with van der Waals surface area (Å²) in [6, 6.07) is 4.06. The maximum atomic E-state index is 12.3. The van der Waals surface area contributed by atoms with Crippen LogP contribution in [-0.2, 0) is 9.53 Å². The minimum absolute atomic E-state index is 0.151. The van der Waals surface area contributed by atoms with Crippen LogP contribution in [0.2, 0.25) is 0 Å². The van der Waals surface area contributed by atoms with Crippen molar-refractivity contribution < 1.29 is 9.53 Å². The second-order valence-corrected chi connectivity index (χ2v) is 5.77. The number of nitrogens with one attached hydrogen (secondary N) is 1. The summed E-state index contributed by atoms with van der Waals surface area (Å²) in [5.74, 6) is 0.186. The second kappa shape index (κ2) is 5.90. The van der Waals surface area contributed by atoms with E-state index in [1.54, 1.807) is 11.3 Å². The van der Waals surface area contributed by atoms with Gasteiger partial charge >= 0.3 is 0 Å². The highest BCUT2D eigenvalue weighted by molar-refractivity contribution is 7.14. The number of carbonyl (C=O) groups excluding carboxylic acids is 1. The molecule has 2 aliphatic rings. The van der Waals surface area contributed by atoms with Gasteiger partial charge in [0.1, 0.15) is 6.04 Å². The lowest BCUT2D eigenvalue weighted by Gasteiger charge is -2.37. The van der Waals surface area contributed by atoms with Crippen LogP contribution < -0.4 is 10.2 Å². The van der Waals surface area contributed by atoms with Crippen molar-refractivity contribution in [1.29, 1.82) is 0 Å². The van der Waals surface area contributed by atoms with Crippen molar-refractivity contribution in [3.63, 3.8) is 0 Å². The average Bonchev–Trinajstić information content (AvgIpc) is 3.02. The Labute approximate surface area is 117 Å². The van der Waals surface area contributed by atoms with E-state index in [-0.39, 0.29) is 11.9 Å². The van der Waals surface area contributed by atoms with E-state index in [4.69, 9.17) is 4.74 Å². The molecule has 0 spiro atoms. The number of thiophene rings is 1. The number of morpholine rings is 1. The molecule has 2 fully saturated rings. The number of amides is 1. The van der Waals surface area contributed by atoms with E-state index in [0.717, 1.165) is 32.7 Å². The lowest BCUT2D eigenvalue weighted by atomic mass is 10.2. The maximum absolute atomic E-state index is 12.3. The van der Waals surface area contributed by atoms with E-state index in [1.807, 2.05) is 4.90 Å². The first kappa shape index (κ1) is 12.9. The van der Waals surface area contributed by atoms with Crippen molar-refractivity contribution in [2.24, 2.45) is 0 Å². The maximum Gasteiger partial charge on any atom is 0.242 e. The molecule has 0 aromatic carbocycles. The molecule has 3 heterocycles. The lowest BCUT2D eigenvalue weighted by molar-refractivity contribution is -0.136. The highest BCUT2D eigenvalue weighted by atomic mass is 32.1. The van der Waals surface area contributed by atoms with Gasteiger partial charge in [-0.05, 0) is 17.5 Å². The molecule has 19 heavy (non-hydrogen) atoms. The van der Waals surface area contributed by atoms with Gasteiger partial charge in [0.05, 0.1) is 18.2 Å². The highest BCUT2D eigenvalue weighted by Crippen LogP contribution is 2.22. The van der Waals surface area contributed by atoms with Gasteiger partial charge in [-0.2, -0.15) is 0 Å². The largest absolute Gasteiger partial charge is 0.378 e. The topological polar surface area (TPSA) is 44.8 Å². The smallest absolute Gasteiger partial charge is 0.242 e. The number of ether oxygens (including phenoxy) is 1. The Hall–Kier alpha value is -1.11. The summed E-state index contributed by atoms with van der Waals surface area (Å²) in [6.45, 7) is 5.41. The molecular weight excluding hydrogens is 262 g/mol.